The number of benzene rings is 1. The van der Waals surface area contributed by atoms with Crippen LogP contribution in [0.2, 0.25) is 0 Å². The molecule has 0 spiro atoms. The fourth-order valence-electron chi connectivity index (χ4n) is 1.72. The quantitative estimate of drug-likeness (QED) is 0.579. The number of nitrogens with zero attached hydrogens (tertiary/aromatic N) is 1. The topological polar surface area (TPSA) is 37.0 Å². The average Bonchev–Trinajstić information content (AvgIpc) is 2.58. The van der Waals surface area contributed by atoms with Crippen LogP contribution in [0.25, 0.3) is 0 Å². The lowest BCUT2D eigenvalue weighted by atomic mass is 10.2. The van der Waals surface area contributed by atoms with Gasteiger partial charge in [0.25, 0.3) is 0 Å². The highest BCUT2D eigenvalue weighted by Gasteiger charge is 1.88. The van der Waals surface area contributed by atoms with Gasteiger partial charge < -0.3 is 10.6 Å². The van der Waals surface area contributed by atoms with Crippen molar-refractivity contribution < 1.29 is 0 Å². The Morgan fingerprint density at radius 1 is 0.818 bits per heavy atom. The lowest BCUT2D eigenvalue weighted by Gasteiger charge is -1.99. The van der Waals surface area contributed by atoms with Crippen molar-refractivity contribution in [2.75, 3.05) is 13.1 Å². The molecular weight excluding hydrogens is 270 g/mol. The molecule has 0 aliphatic carbocycles. The second-order valence-electron chi connectivity index (χ2n) is 4.65. The Hall–Kier alpha value is -2.23. The Labute approximate surface area is 133 Å². The highest BCUT2D eigenvalue weighted by Crippen LogP contribution is 1.96. The summed E-state index contributed by atoms with van der Waals surface area (Å²) in [5, 5.41) is 6.40. The van der Waals surface area contributed by atoms with E-state index in [1.807, 2.05) is 48.6 Å². The van der Waals surface area contributed by atoms with E-state index in [2.05, 4.69) is 40.9 Å². The molecule has 1 heterocycles. The van der Waals surface area contributed by atoms with Gasteiger partial charge in [-0.15, -0.1) is 13.2 Å². The van der Waals surface area contributed by atoms with Gasteiger partial charge in [0.15, 0.2) is 0 Å². The van der Waals surface area contributed by atoms with Crippen molar-refractivity contribution >= 4 is 0 Å². The summed E-state index contributed by atoms with van der Waals surface area (Å²) in [4.78, 5) is 4.15. The summed E-state index contributed by atoms with van der Waals surface area (Å²) in [5.74, 6) is 0. The fourth-order valence-corrected chi connectivity index (χ4v) is 1.72. The lowest BCUT2D eigenvalue weighted by molar-refractivity contribution is 0.741. The molecule has 116 valence electrons. The van der Waals surface area contributed by atoms with Crippen LogP contribution in [-0.2, 0) is 13.1 Å². The van der Waals surface area contributed by atoms with E-state index in [-0.39, 0.29) is 0 Å². The minimum atomic E-state index is 0.812. The molecule has 0 amide bonds. The molecule has 0 atom stereocenters. The molecule has 2 N–H and O–H groups in total. The summed E-state index contributed by atoms with van der Waals surface area (Å²) >= 11 is 0. The zero-order valence-corrected chi connectivity index (χ0v) is 13.0. The Morgan fingerprint density at radius 3 is 2.05 bits per heavy atom. The average molecular weight is 295 g/mol. The van der Waals surface area contributed by atoms with Crippen molar-refractivity contribution in [3.8, 4) is 0 Å². The highest BCUT2D eigenvalue weighted by atomic mass is 14.9. The van der Waals surface area contributed by atoms with Crippen molar-refractivity contribution in [2.45, 2.75) is 13.1 Å². The van der Waals surface area contributed by atoms with E-state index in [4.69, 9.17) is 0 Å². The normalized spacial score (nSPS) is 9.45. The summed E-state index contributed by atoms with van der Waals surface area (Å²) in [7, 11) is 0. The van der Waals surface area contributed by atoms with Crippen LogP contribution in [0.15, 0.2) is 80.0 Å². The van der Waals surface area contributed by atoms with Crippen LogP contribution in [-0.4, -0.2) is 18.1 Å². The van der Waals surface area contributed by atoms with Crippen molar-refractivity contribution in [3.05, 3.63) is 91.3 Å². The summed E-state index contributed by atoms with van der Waals surface area (Å²) < 4.78 is 0. The maximum absolute atomic E-state index is 4.15. The molecule has 0 radical (unpaired) electrons. The smallest absolute Gasteiger partial charge is 0.0541 e. The van der Waals surface area contributed by atoms with Crippen LogP contribution in [0.3, 0.4) is 0 Å². The van der Waals surface area contributed by atoms with E-state index in [0.29, 0.717) is 0 Å². The van der Waals surface area contributed by atoms with Crippen molar-refractivity contribution in [1.29, 1.82) is 0 Å². The maximum Gasteiger partial charge on any atom is 0.0541 e. The van der Waals surface area contributed by atoms with E-state index in [9.17, 15) is 0 Å². The summed E-state index contributed by atoms with van der Waals surface area (Å²) in [6, 6.07) is 16.2. The van der Waals surface area contributed by atoms with Crippen LogP contribution in [0.1, 0.15) is 11.3 Å². The van der Waals surface area contributed by atoms with Gasteiger partial charge in [-0.05, 0) is 17.7 Å². The first-order valence-electron chi connectivity index (χ1n) is 7.44. The minimum absolute atomic E-state index is 0.812. The van der Waals surface area contributed by atoms with Gasteiger partial charge in [0.05, 0.1) is 5.69 Å². The van der Waals surface area contributed by atoms with Crippen LogP contribution in [0, 0.1) is 0 Å². The molecule has 3 heteroatoms. The summed E-state index contributed by atoms with van der Waals surface area (Å²) in [6.07, 6.45) is 5.50. The zero-order chi connectivity index (χ0) is 15.9. The first kappa shape index (κ1) is 17.8. The van der Waals surface area contributed by atoms with Crippen molar-refractivity contribution in [2.24, 2.45) is 0 Å². The third-order valence-electron chi connectivity index (χ3n) is 2.78. The monoisotopic (exact) mass is 295 g/mol. The molecule has 2 rings (SSSR count). The van der Waals surface area contributed by atoms with Gasteiger partial charge in [0.2, 0.25) is 0 Å². The molecule has 2 aromatic rings. The van der Waals surface area contributed by atoms with Crippen LogP contribution < -0.4 is 10.6 Å². The molecule has 0 fully saturated rings. The van der Waals surface area contributed by atoms with Gasteiger partial charge in [-0.2, -0.15) is 0 Å². The second kappa shape index (κ2) is 12.5. The molecule has 1 aromatic heterocycles. The van der Waals surface area contributed by atoms with Gasteiger partial charge in [-0.25, -0.2) is 0 Å². The Morgan fingerprint density at radius 2 is 1.45 bits per heavy atom. The van der Waals surface area contributed by atoms with Gasteiger partial charge in [0, 0.05) is 32.4 Å². The third kappa shape index (κ3) is 8.84. The van der Waals surface area contributed by atoms with Crippen molar-refractivity contribution in [1.82, 2.24) is 15.6 Å². The maximum atomic E-state index is 4.15. The molecule has 0 aliphatic heterocycles. The van der Waals surface area contributed by atoms with Crippen LogP contribution in [0.4, 0.5) is 0 Å². The van der Waals surface area contributed by atoms with Crippen LogP contribution in [0.5, 0.6) is 0 Å². The fraction of sp³-hybridized carbons (Fsp3) is 0.211. The standard InChI is InChI=1S/C10H13N.C9H12N2/c1-2-8-11-9-10-6-4-3-5-7-10;1-2-6-10-8-9-5-3-4-7-11-9/h2-7,11H,1,8-9H2;2-5,7,10H,1,6,8H2. The Kier molecular flexibility index (Phi) is 10.1. The number of rotatable bonds is 8. The SMILES string of the molecule is C=CCNCc1ccccc1.C=CCNCc1ccccn1. The largest absolute Gasteiger partial charge is 0.309 e. The van der Waals surface area contributed by atoms with Gasteiger partial charge >= 0.3 is 0 Å². The Balaban J connectivity index is 0.000000220. The molecule has 0 saturated carbocycles. The number of nitrogens with one attached hydrogen (secondary N) is 2. The lowest BCUT2D eigenvalue weighted by Crippen LogP contribution is -2.13. The molecule has 0 aliphatic rings. The predicted octanol–water partition coefficient (Wildman–Crippen LogP) is 3.32. The van der Waals surface area contributed by atoms with E-state index < -0.39 is 0 Å². The van der Waals surface area contributed by atoms with Crippen LogP contribution >= 0.6 is 0 Å². The van der Waals surface area contributed by atoms with E-state index in [1.54, 1.807) is 6.20 Å². The molecule has 0 unspecified atom stereocenters. The molecule has 1 aromatic carbocycles. The zero-order valence-electron chi connectivity index (χ0n) is 13.0. The van der Waals surface area contributed by atoms with E-state index in [1.165, 1.54) is 5.56 Å². The first-order valence-corrected chi connectivity index (χ1v) is 7.44. The molecule has 3 nitrogen and oxygen atoms in total. The Bertz CT molecular complexity index is 459. The third-order valence-corrected chi connectivity index (χ3v) is 2.78. The molecular formula is C19H25N3. The number of pyridine rings is 1. The number of hydrogen-bond acceptors (Lipinski definition) is 3. The predicted molar refractivity (Wildman–Crippen MR) is 94.5 cm³/mol. The number of aromatic nitrogens is 1. The van der Waals surface area contributed by atoms with Crippen molar-refractivity contribution in [3.63, 3.8) is 0 Å². The summed E-state index contributed by atoms with van der Waals surface area (Å²) in [5.41, 5.74) is 2.38. The second-order valence-corrected chi connectivity index (χ2v) is 4.65. The van der Waals surface area contributed by atoms with Gasteiger partial charge in [-0.3, -0.25) is 4.98 Å². The van der Waals surface area contributed by atoms with E-state index >= 15 is 0 Å². The highest BCUT2D eigenvalue weighted by molar-refractivity contribution is 5.14. The molecule has 0 bridgehead atoms. The summed E-state index contributed by atoms with van der Waals surface area (Å²) in [6.45, 7) is 10.7. The van der Waals surface area contributed by atoms with E-state index in [0.717, 1.165) is 31.9 Å². The minimum Gasteiger partial charge on any atom is -0.309 e. The molecule has 0 saturated heterocycles. The number of hydrogen-bond donors (Lipinski definition) is 2. The molecule has 22 heavy (non-hydrogen) atoms. The van der Waals surface area contributed by atoms with Gasteiger partial charge in [0.1, 0.15) is 0 Å². The van der Waals surface area contributed by atoms with Gasteiger partial charge in [-0.1, -0.05) is 48.6 Å². The first-order chi connectivity index (χ1) is 10.9.